The van der Waals surface area contributed by atoms with E-state index in [1.807, 2.05) is 6.92 Å². The molecule has 0 N–H and O–H groups in total. The molecule has 2 aromatic rings. The van der Waals surface area contributed by atoms with Crippen molar-refractivity contribution in [2.75, 3.05) is 0 Å². The van der Waals surface area contributed by atoms with E-state index in [1.165, 1.54) is 6.92 Å². The Kier molecular flexibility index (Phi) is 6.84. The maximum atomic E-state index is 12.7. The monoisotopic (exact) mass is 412 g/mol. The zero-order valence-electron chi connectivity index (χ0n) is 17.0. The first-order chi connectivity index (χ1) is 14.4. The molecule has 1 saturated heterocycles. The van der Waals surface area contributed by atoms with E-state index in [0.717, 1.165) is 0 Å². The molecule has 0 radical (unpaired) electrons. The largest absolute Gasteiger partial charge is 0.454 e. The van der Waals surface area contributed by atoms with E-state index in [2.05, 4.69) is 0 Å². The van der Waals surface area contributed by atoms with Crippen LogP contribution >= 0.6 is 0 Å². The third kappa shape index (κ3) is 5.04. The molecule has 0 aromatic heterocycles. The molecule has 0 amide bonds. The van der Waals surface area contributed by atoms with Gasteiger partial charge in [0, 0.05) is 12.8 Å². The maximum absolute atomic E-state index is 12.7. The first kappa shape index (κ1) is 21.5. The van der Waals surface area contributed by atoms with Gasteiger partial charge in [0.2, 0.25) is 12.4 Å². The maximum Gasteiger partial charge on any atom is 0.338 e. The molecule has 7 heteroatoms. The van der Waals surface area contributed by atoms with E-state index in [0.29, 0.717) is 11.1 Å². The molecule has 158 valence electrons. The third-order valence-corrected chi connectivity index (χ3v) is 4.99. The van der Waals surface area contributed by atoms with Gasteiger partial charge in [-0.15, -0.1) is 0 Å². The topological polar surface area (TPSA) is 88.1 Å². The summed E-state index contributed by atoms with van der Waals surface area (Å²) < 4.78 is 22.4. The minimum Gasteiger partial charge on any atom is -0.454 e. The number of hydrogen-bond acceptors (Lipinski definition) is 7. The minimum absolute atomic E-state index is 0.318. The smallest absolute Gasteiger partial charge is 0.338 e. The van der Waals surface area contributed by atoms with Gasteiger partial charge in [-0.05, 0) is 31.2 Å². The summed E-state index contributed by atoms with van der Waals surface area (Å²) in [7, 11) is 0. The molecule has 3 rings (SSSR count). The van der Waals surface area contributed by atoms with Gasteiger partial charge in [-0.3, -0.25) is 4.79 Å². The van der Waals surface area contributed by atoms with Crippen LogP contribution < -0.4 is 0 Å². The molecule has 30 heavy (non-hydrogen) atoms. The molecule has 1 heterocycles. The Labute approximate surface area is 174 Å². The highest BCUT2D eigenvalue weighted by Gasteiger charge is 2.48. The van der Waals surface area contributed by atoms with E-state index < -0.39 is 42.5 Å². The summed E-state index contributed by atoms with van der Waals surface area (Å²) in [6, 6.07) is 16.9. The number of hydrogen-bond donors (Lipinski definition) is 0. The van der Waals surface area contributed by atoms with Crippen LogP contribution in [0, 0.1) is 5.92 Å². The molecule has 7 nitrogen and oxygen atoms in total. The SMILES string of the molecule is CC(=O)O[C@H]1OC(C)[C@@H](C)C(OC(=O)c2ccccc2)C1OC(=O)c1ccccc1. The lowest BCUT2D eigenvalue weighted by Gasteiger charge is -2.42. The average Bonchev–Trinajstić information content (AvgIpc) is 2.74. The van der Waals surface area contributed by atoms with E-state index in [4.69, 9.17) is 18.9 Å². The fraction of sp³-hybridized carbons (Fsp3) is 0.348. The second kappa shape index (κ2) is 9.54. The standard InChI is InChI=1S/C23H24O7/c1-14-15(2)27-23(28-16(3)24)20(30-22(26)18-12-8-5-9-13-18)19(14)29-21(25)17-10-6-4-7-11-17/h4-15,19-20,23H,1-3H3/t14-,15?,19?,20?,23-/m1/s1. The normalized spacial score (nSPS) is 25.8. The summed E-state index contributed by atoms with van der Waals surface area (Å²) in [5.74, 6) is -2.12. The summed E-state index contributed by atoms with van der Waals surface area (Å²) in [5, 5.41) is 0. The lowest BCUT2D eigenvalue weighted by molar-refractivity contribution is -0.269. The van der Waals surface area contributed by atoms with E-state index in [1.54, 1.807) is 67.6 Å². The Morgan fingerprint density at radius 2 is 1.20 bits per heavy atom. The van der Waals surface area contributed by atoms with Gasteiger partial charge in [0.05, 0.1) is 17.2 Å². The minimum atomic E-state index is -1.20. The van der Waals surface area contributed by atoms with E-state index >= 15 is 0 Å². The van der Waals surface area contributed by atoms with Crippen LogP contribution in [0.3, 0.4) is 0 Å². The van der Waals surface area contributed by atoms with E-state index in [9.17, 15) is 14.4 Å². The average molecular weight is 412 g/mol. The van der Waals surface area contributed by atoms with Gasteiger partial charge < -0.3 is 18.9 Å². The fourth-order valence-electron chi connectivity index (χ4n) is 3.22. The molecule has 1 fully saturated rings. The van der Waals surface area contributed by atoms with Gasteiger partial charge in [0.15, 0.2) is 6.10 Å². The predicted octanol–water partition coefficient (Wildman–Crippen LogP) is 3.38. The molecule has 1 aliphatic rings. The van der Waals surface area contributed by atoms with Crippen LogP contribution in [0.25, 0.3) is 0 Å². The van der Waals surface area contributed by atoms with Crippen molar-refractivity contribution >= 4 is 17.9 Å². The van der Waals surface area contributed by atoms with Crippen LogP contribution in [0.4, 0.5) is 0 Å². The number of rotatable bonds is 5. The van der Waals surface area contributed by atoms with Gasteiger partial charge >= 0.3 is 17.9 Å². The highest BCUT2D eigenvalue weighted by molar-refractivity contribution is 5.90. The molecule has 1 aliphatic heterocycles. The van der Waals surface area contributed by atoms with Crippen molar-refractivity contribution in [3.63, 3.8) is 0 Å². The Bertz CT molecular complexity index is 881. The van der Waals surface area contributed by atoms with Crippen LogP contribution in [0.15, 0.2) is 60.7 Å². The van der Waals surface area contributed by atoms with Crippen molar-refractivity contribution in [3.8, 4) is 0 Å². The van der Waals surface area contributed by atoms with Crippen LogP contribution in [0.1, 0.15) is 41.5 Å². The van der Waals surface area contributed by atoms with Gasteiger partial charge in [0.25, 0.3) is 0 Å². The van der Waals surface area contributed by atoms with Crippen molar-refractivity contribution in [1.29, 1.82) is 0 Å². The Morgan fingerprint density at radius 1 is 0.733 bits per heavy atom. The first-order valence-corrected chi connectivity index (χ1v) is 9.71. The molecule has 3 unspecified atom stereocenters. The second-order valence-corrected chi connectivity index (χ2v) is 7.15. The number of carbonyl (C=O) groups excluding carboxylic acids is 3. The number of benzene rings is 2. The molecule has 0 bridgehead atoms. The second-order valence-electron chi connectivity index (χ2n) is 7.15. The van der Waals surface area contributed by atoms with Crippen LogP contribution in [0.2, 0.25) is 0 Å². The van der Waals surface area contributed by atoms with E-state index in [-0.39, 0.29) is 5.92 Å². The Hall–Kier alpha value is -3.19. The molecular weight excluding hydrogens is 388 g/mol. The zero-order valence-corrected chi connectivity index (χ0v) is 17.0. The van der Waals surface area contributed by atoms with Crippen LogP contribution in [-0.2, 0) is 23.7 Å². The number of esters is 3. The quantitative estimate of drug-likeness (QED) is 0.549. The lowest BCUT2D eigenvalue weighted by Crippen LogP contribution is -2.57. The molecule has 0 spiro atoms. The van der Waals surface area contributed by atoms with Gasteiger partial charge in [-0.25, -0.2) is 9.59 Å². The third-order valence-electron chi connectivity index (χ3n) is 4.99. The van der Waals surface area contributed by atoms with Crippen LogP contribution in [0.5, 0.6) is 0 Å². The molecule has 0 saturated carbocycles. The number of carbonyl (C=O) groups is 3. The van der Waals surface area contributed by atoms with Gasteiger partial charge in [-0.2, -0.15) is 0 Å². The molecule has 0 aliphatic carbocycles. The predicted molar refractivity (Wildman–Crippen MR) is 107 cm³/mol. The van der Waals surface area contributed by atoms with Crippen molar-refractivity contribution in [1.82, 2.24) is 0 Å². The van der Waals surface area contributed by atoms with Gasteiger partial charge in [0.1, 0.15) is 0 Å². The van der Waals surface area contributed by atoms with Gasteiger partial charge in [-0.1, -0.05) is 43.3 Å². The molecule has 5 atom stereocenters. The molecular formula is C23H24O7. The summed E-state index contributed by atoms with van der Waals surface area (Å²) in [5.41, 5.74) is 0.680. The first-order valence-electron chi connectivity index (χ1n) is 9.71. The number of ether oxygens (including phenoxy) is 4. The molecule has 2 aromatic carbocycles. The van der Waals surface area contributed by atoms with Crippen molar-refractivity contribution in [3.05, 3.63) is 71.8 Å². The highest BCUT2D eigenvalue weighted by Crippen LogP contribution is 2.32. The van der Waals surface area contributed by atoms with Crippen molar-refractivity contribution in [2.24, 2.45) is 5.92 Å². The fourth-order valence-corrected chi connectivity index (χ4v) is 3.22. The summed E-state index contributed by atoms with van der Waals surface area (Å²) in [6.45, 7) is 4.83. The summed E-state index contributed by atoms with van der Waals surface area (Å²) >= 11 is 0. The zero-order chi connectivity index (χ0) is 21.7. The lowest BCUT2D eigenvalue weighted by atomic mass is 9.91. The summed E-state index contributed by atoms with van der Waals surface area (Å²) in [4.78, 5) is 37.0. The van der Waals surface area contributed by atoms with Crippen molar-refractivity contribution < 1.29 is 33.3 Å². The summed E-state index contributed by atoms with van der Waals surface area (Å²) in [6.07, 6.45) is -3.61. The van der Waals surface area contributed by atoms with Crippen LogP contribution in [-0.4, -0.2) is 42.5 Å². The van der Waals surface area contributed by atoms with Crippen molar-refractivity contribution in [2.45, 2.75) is 45.4 Å². The Morgan fingerprint density at radius 3 is 1.67 bits per heavy atom. The highest BCUT2D eigenvalue weighted by atomic mass is 16.7. The Balaban J connectivity index is 1.88.